The molecule has 1 amide bonds. The molecule has 1 aromatic heterocycles. The van der Waals surface area contributed by atoms with E-state index in [1.807, 2.05) is 24.3 Å². The summed E-state index contributed by atoms with van der Waals surface area (Å²) in [6.07, 6.45) is 1.80. The summed E-state index contributed by atoms with van der Waals surface area (Å²) >= 11 is 0. The van der Waals surface area contributed by atoms with Gasteiger partial charge >= 0.3 is 5.97 Å². The van der Waals surface area contributed by atoms with Crippen molar-refractivity contribution in [3.05, 3.63) is 36.0 Å². The van der Waals surface area contributed by atoms with Gasteiger partial charge in [0.05, 0.1) is 12.3 Å². The summed E-state index contributed by atoms with van der Waals surface area (Å²) in [5.74, 6) is -1.97. The molecule has 0 aliphatic carbocycles. The van der Waals surface area contributed by atoms with Crippen LogP contribution in [0.4, 0.5) is 0 Å². The van der Waals surface area contributed by atoms with E-state index in [4.69, 9.17) is 0 Å². The molecule has 0 aliphatic rings. The van der Waals surface area contributed by atoms with Crippen molar-refractivity contribution in [1.29, 1.82) is 0 Å². The molecular weight excluding hydrogens is 346 g/mol. The number of aliphatic carboxylic acids is 1. The second kappa shape index (κ2) is 7.66. The van der Waals surface area contributed by atoms with Crippen LogP contribution >= 0.6 is 0 Å². The van der Waals surface area contributed by atoms with Gasteiger partial charge in [-0.25, -0.2) is 13.2 Å². The van der Waals surface area contributed by atoms with Crippen LogP contribution in [0.2, 0.25) is 0 Å². The molecule has 1 unspecified atom stereocenters. The molecule has 0 aliphatic heterocycles. The van der Waals surface area contributed by atoms with Crippen LogP contribution in [0, 0.1) is 0 Å². The lowest BCUT2D eigenvalue weighted by molar-refractivity contribution is -0.141. The molecule has 2 aromatic rings. The van der Waals surface area contributed by atoms with Gasteiger partial charge in [-0.1, -0.05) is 18.2 Å². The second-order valence-corrected chi connectivity index (χ2v) is 8.04. The number of carbonyl (C=O) groups excluding carboxylic acids is 1. The predicted octanol–water partition coefficient (Wildman–Crippen LogP) is 0.561. The van der Waals surface area contributed by atoms with E-state index in [0.29, 0.717) is 0 Å². The fourth-order valence-electron chi connectivity index (χ4n) is 2.48. The first-order chi connectivity index (χ1) is 11.7. The fraction of sp³-hybridized carbons (Fsp3) is 0.375. The van der Waals surface area contributed by atoms with Gasteiger partial charge in [0.2, 0.25) is 15.9 Å². The molecule has 25 heavy (non-hydrogen) atoms. The Morgan fingerprint density at radius 3 is 2.64 bits per heavy atom. The summed E-state index contributed by atoms with van der Waals surface area (Å²) in [6.45, 7) is 1.05. The van der Waals surface area contributed by atoms with Crippen LogP contribution in [0.1, 0.15) is 12.5 Å². The summed E-state index contributed by atoms with van der Waals surface area (Å²) in [7, 11) is -2.22. The second-order valence-electron chi connectivity index (χ2n) is 5.68. The smallest absolute Gasteiger partial charge is 0.326 e. The monoisotopic (exact) mass is 367 g/mol. The molecule has 1 heterocycles. The maximum atomic E-state index is 12.0. The van der Waals surface area contributed by atoms with Gasteiger partial charge in [-0.05, 0) is 18.6 Å². The van der Waals surface area contributed by atoms with Gasteiger partial charge in [0.15, 0.2) is 0 Å². The van der Waals surface area contributed by atoms with Crippen molar-refractivity contribution in [2.75, 3.05) is 19.3 Å². The fourth-order valence-corrected chi connectivity index (χ4v) is 3.24. The Morgan fingerprint density at radius 1 is 1.32 bits per heavy atom. The molecule has 9 heteroatoms. The van der Waals surface area contributed by atoms with E-state index < -0.39 is 34.5 Å². The first kappa shape index (κ1) is 18.9. The van der Waals surface area contributed by atoms with Gasteiger partial charge in [0.25, 0.3) is 0 Å². The number of hydrogen-bond donors (Lipinski definition) is 3. The van der Waals surface area contributed by atoms with Crippen LogP contribution in [0.25, 0.3) is 10.9 Å². The van der Waals surface area contributed by atoms with Crippen molar-refractivity contribution in [2.45, 2.75) is 19.4 Å². The minimum absolute atomic E-state index is 0.0926. The Morgan fingerprint density at radius 2 is 2.00 bits per heavy atom. The lowest BCUT2D eigenvalue weighted by atomic mass is 10.1. The number of nitrogens with one attached hydrogen (secondary N) is 2. The molecule has 3 N–H and O–H groups in total. The third-order valence-corrected chi connectivity index (χ3v) is 5.75. The number of benzene rings is 1. The van der Waals surface area contributed by atoms with Crippen molar-refractivity contribution in [3.63, 3.8) is 0 Å². The standard InChI is InChI=1S/C16H21N3O5S/c1-3-25(23,24)19(2)10-15(20)18-14(16(21)22)8-11-9-17-13-7-5-4-6-12(11)13/h4-7,9,14,17H,3,8,10H2,1-2H3,(H,18,20)(H,21,22). The molecule has 0 saturated carbocycles. The zero-order valence-electron chi connectivity index (χ0n) is 14.0. The van der Waals surface area contributed by atoms with Crippen molar-refractivity contribution in [1.82, 2.24) is 14.6 Å². The topological polar surface area (TPSA) is 120 Å². The van der Waals surface area contributed by atoms with Gasteiger partial charge in [-0.15, -0.1) is 0 Å². The molecule has 0 radical (unpaired) electrons. The first-order valence-electron chi connectivity index (χ1n) is 7.75. The molecule has 8 nitrogen and oxygen atoms in total. The number of carboxylic acid groups (broad SMARTS) is 1. The number of sulfonamides is 1. The lowest BCUT2D eigenvalue weighted by Gasteiger charge is -2.18. The van der Waals surface area contributed by atoms with E-state index in [2.05, 4.69) is 10.3 Å². The Kier molecular flexibility index (Phi) is 5.81. The number of para-hydroxylation sites is 1. The van der Waals surface area contributed by atoms with Crippen LogP contribution < -0.4 is 5.32 Å². The average Bonchev–Trinajstić information content (AvgIpc) is 2.97. The van der Waals surface area contributed by atoms with Gasteiger partial charge in [0, 0.05) is 30.6 Å². The third-order valence-electron chi connectivity index (χ3n) is 3.94. The van der Waals surface area contributed by atoms with Gasteiger partial charge < -0.3 is 15.4 Å². The zero-order valence-corrected chi connectivity index (χ0v) is 14.8. The summed E-state index contributed by atoms with van der Waals surface area (Å²) in [4.78, 5) is 26.6. The van der Waals surface area contributed by atoms with E-state index in [-0.39, 0.29) is 12.2 Å². The maximum absolute atomic E-state index is 12.0. The van der Waals surface area contributed by atoms with Crippen molar-refractivity contribution >= 4 is 32.8 Å². The van der Waals surface area contributed by atoms with E-state index >= 15 is 0 Å². The highest BCUT2D eigenvalue weighted by Gasteiger charge is 2.24. The maximum Gasteiger partial charge on any atom is 0.326 e. The number of fused-ring (bicyclic) bond motifs is 1. The quantitative estimate of drug-likeness (QED) is 0.630. The Labute approximate surface area is 145 Å². The number of carboxylic acids is 1. The Hall–Kier alpha value is -2.39. The largest absolute Gasteiger partial charge is 0.480 e. The number of nitrogens with zero attached hydrogens (tertiary/aromatic N) is 1. The van der Waals surface area contributed by atoms with Crippen LogP contribution in [0.5, 0.6) is 0 Å². The number of amides is 1. The average molecular weight is 367 g/mol. The lowest BCUT2D eigenvalue weighted by Crippen LogP contribution is -2.47. The molecule has 136 valence electrons. The number of rotatable bonds is 8. The Bertz CT molecular complexity index is 875. The van der Waals surface area contributed by atoms with Gasteiger partial charge in [-0.3, -0.25) is 4.79 Å². The van der Waals surface area contributed by atoms with Crippen molar-refractivity contribution in [3.8, 4) is 0 Å². The van der Waals surface area contributed by atoms with Crippen LogP contribution in [-0.2, 0) is 26.0 Å². The normalized spacial score (nSPS) is 13.1. The highest BCUT2D eigenvalue weighted by Crippen LogP contribution is 2.19. The number of aromatic amines is 1. The molecule has 0 fully saturated rings. The summed E-state index contributed by atoms with van der Waals surface area (Å²) in [5, 5.41) is 12.6. The third kappa shape index (κ3) is 4.58. The van der Waals surface area contributed by atoms with Gasteiger partial charge in [-0.2, -0.15) is 4.31 Å². The van der Waals surface area contributed by atoms with Crippen LogP contribution in [-0.4, -0.2) is 60.1 Å². The highest BCUT2D eigenvalue weighted by atomic mass is 32.2. The molecule has 0 bridgehead atoms. The number of likely N-dealkylation sites (N-methyl/N-ethyl adjacent to an activating group) is 1. The number of hydrogen-bond acceptors (Lipinski definition) is 4. The minimum atomic E-state index is -3.51. The van der Waals surface area contributed by atoms with Crippen LogP contribution in [0.15, 0.2) is 30.5 Å². The highest BCUT2D eigenvalue weighted by molar-refractivity contribution is 7.89. The predicted molar refractivity (Wildman–Crippen MR) is 93.7 cm³/mol. The number of aromatic nitrogens is 1. The molecular formula is C16H21N3O5S. The van der Waals surface area contributed by atoms with E-state index in [1.54, 1.807) is 6.20 Å². The SMILES string of the molecule is CCS(=O)(=O)N(C)CC(=O)NC(Cc1c[nH]c2ccccc12)C(=O)O. The molecule has 0 saturated heterocycles. The van der Waals surface area contributed by atoms with E-state index in [1.165, 1.54) is 14.0 Å². The zero-order chi connectivity index (χ0) is 18.6. The minimum Gasteiger partial charge on any atom is -0.480 e. The summed E-state index contributed by atoms with van der Waals surface area (Å²) in [5.41, 5.74) is 1.64. The van der Waals surface area contributed by atoms with E-state index in [9.17, 15) is 23.1 Å². The molecule has 0 spiro atoms. The Balaban J connectivity index is 2.09. The van der Waals surface area contributed by atoms with Crippen molar-refractivity contribution < 1.29 is 23.1 Å². The van der Waals surface area contributed by atoms with Crippen molar-refractivity contribution in [2.24, 2.45) is 0 Å². The van der Waals surface area contributed by atoms with Crippen LogP contribution in [0.3, 0.4) is 0 Å². The summed E-state index contributed by atoms with van der Waals surface area (Å²) in [6, 6.07) is 6.30. The molecule has 1 aromatic carbocycles. The summed E-state index contributed by atoms with van der Waals surface area (Å²) < 4.78 is 24.3. The molecule has 2 rings (SSSR count). The number of H-pyrrole nitrogens is 1. The van der Waals surface area contributed by atoms with Gasteiger partial charge in [0.1, 0.15) is 6.04 Å². The first-order valence-corrected chi connectivity index (χ1v) is 9.36. The van der Waals surface area contributed by atoms with E-state index in [0.717, 1.165) is 20.8 Å². The molecule has 1 atom stereocenters. The number of carbonyl (C=O) groups is 2.